The van der Waals surface area contributed by atoms with Gasteiger partial charge in [0.05, 0.1) is 11.4 Å². The summed E-state index contributed by atoms with van der Waals surface area (Å²) >= 11 is 0. The Hall–Kier alpha value is -2.30. The Balaban J connectivity index is 2.64. The first-order valence-corrected chi connectivity index (χ1v) is 5.64. The summed E-state index contributed by atoms with van der Waals surface area (Å²) in [6.45, 7) is 3.19. The normalized spacial score (nSPS) is 10.4. The summed E-state index contributed by atoms with van der Waals surface area (Å²) in [4.78, 5) is 23.4. The lowest BCUT2D eigenvalue weighted by Gasteiger charge is -2.07. The zero-order chi connectivity index (χ0) is 13.3. The molecule has 0 saturated heterocycles. The Morgan fingerprint density at radius 2 is 1.83 bits per heavy atom. The predicted molar refractivity (Wildman–Crippen MR) is 70.1 cm³/mol. The maximum atomic E-state index is 12.3. The van der Waals surface area contributed by atoms with Crippen LogP contribution in [0.25, 0.3) is 5.69 Å². The van der Waals surface area contributed by atoms with Crippen molar-refractivity contribution >= 4 is 11.6 Å². The zero-order valence-electron chi connectivity index (χ0n) is 10.6. The van der Waals surface area contributed by atoms with Crippen LogP contribution < -0.4 is 10.9 Å². The van der Waals surface area contributed by atoms with Crippen LogP contribution in [0.4, 0.5) is 5.69 Å². The summed E-state index contributed by atoms with van der Waals surface area (Å²) in [5.41, 5.74) is 1.59. The fourth-order valence-electron chi connectivity index (χ4n) is 1.89. The number of nitrogens with one attached hydrogen (secondary N) is 1. The van der Waals surface area contributed by atoms with Crippen LogP contribution in [0.15, 0.2) is 35.1 Å². The first kappa shape index (κ1) is 12.2. The molecule has 0 atom stereocenters. The summed E-state index contributed by atoms with van der Waals surface area (Å²) in [5.74, 6) is -0.249. The molecule has 0 saturated carbocycles. The van der Waals surface area contributed by atoms with Crippen molar-refractivity contribution in [2.45, 2.75) is 13.8 Å². The molecule has 1 aromatic heterocycles. The molecule has 18 heavy (non-hydrogen) atoms. The zero-order valence-corrected chi connectivity index (χ0v) is 10.6. The van der Waals surface area contributed by atoms with Gasteiger partial charge in [-0.05, 0) is 19.1 Å². The lowest BCUT2D eigenvalue weighted by Crippen LogP contribution is -2.21. The fraction of sp³-hybridized carbons (Fsp3) is 0.231. The summed E-state index contributed by atoms with van der Waals surface area (Å²) in [5, 5.41) is 2.58. The number of aromatic nitrogens is 2. The van der Waals surface area contributed by atoms with Crippen LogP contribution in [0.3, 0.4) is 0 Å². The monoisotopic (exact) mass is 245 g/mol. The summed E-state index contributed by atoms with van der Waals surface area (Å²) < 4.78 is 3.25. The van der Waals surface area contributed by atoms with Gasteiger partial charge in [0.15, 0.2) is 0 Å². The highest BCUT2D eigenvalue weighted by Gasteiger charge is 2.16. The molecule has 0 aliphatic carbocycles. The molecule has 2 rings (SSSR count). The topological polar surface area (TPSA) is 56.0 Å². The summed E-state index contributed by atoms with van der Waals surface area (Å²) in [7, 11) is 1.79. The van der Waals surface area contributed by atoms with Gasteiger partial charge in [-0.2, -0.15) is 0 Å². The third-order valence-electron chi connectivity index (χ3n) is 2.86. The van der Waals surface area contributed by atoms with E-state index >= 15 is 0 Å². The van der Waals surface area contributed by atoms with E-state index in [4.69, 9.17) is 0 Å². The van der Waals surface area contributed by atoms with Gasteiger partial charge >= 0.3 is 0 Å². The molecule has 1 aromatic carbocycles. The van der Waals surface area contributed by atoms with Crippen molar-refractivity contribution in [1.82, 2.24) is 9.36 Å². The van der Waals surface area contributed by atoms with Crippen LogP contribution in [0, 0.1) is 6.92 Å². The van der Waals surface area contributed by atoms with E-state index in [2.05, 4.69) is 5.32 Å². The quantitative estimate of drug-likeness (QED) is 0.870. The fourth-order valence-corrected chi connectivity index (χ4v) is 1.89. The molecular formula is C13H15N3O2. The third kappa shape index (κ3) is 1.95. The summed E-state index contributed by atoms with van der Waals surface area (Å²) in [6.07, 6.45) is 0. The van der Waals surface area contributed by atoms with Crippen molar-refractivity contribution in [1.29, 1.82) is 0 Å². The standard InChI is InChI=1S/C13H15N3O2/c1-9-12(14-10(2)17)13(18)16(15(9)3)11-7-5-4-6-8-11/h4-8H,1-3H3,(H,14,17). The highest BCUT2D eigenvalue weighted by atomic mass is 16.2. The van der Waals surface area contributed by atoms with Crippen LogP contribution in [-0.2, 0) is 11.8 Å². The number of anilines is 1. The van der Waals surface area contributed by atoms with E-state index in [1.807, 2.05) is 30.3 Å². The van der Waals surface area contributed by atoms with Gasteiger partial charge in [0.25, 0.3) is 5.56 Å². The van der Waals surface area contributed by atoms with Crippen molar-refractivity contribution in [2.75, 3.05) is 5.32 Å². The van der Waals surface area contributed by atoms with Crippen molar-refractivity contribution in [3.8, 4) is 5.69 Å². The second kappa shape index (κ2) is 4.52. The molecule has 1 N–H and O–H groups in total. The molecule has 0 spiro atoms. The molecule has 5 nitrogen and oxygen atoms in total. The van der Waals surface area contributed by atoms with Crippen LogP contribution in [0.2, 0.25) is 0 Å². The van der Waals surface area contributed by atoms with Gasteiger partial charge in [0.1, 0.15) is 5.69 Å². The first-order valence-electron chi connectivity index (χ1n) is 5.64. The van der Waals surface area contributed by atoms with E-state index in [1.165, 1.54) is 11.6 Å². The second-order valence-electron chi connectivity index (χ2n) is 4.12. The Kier molecular flexibility index (Phi) is 3.06. The molecule has 0 unspecified atom stereocenters. The van der Waals surface area contributed by atoms with Crippen molar-refractivity contribution < 1.29 is 4.79 Å². The SMILES string of the molecule is CC(=O)Nc1c(C)n(C)n(-c2ccccc2)c1=O. The van der Waals surface area contributed by atoms with Gasteiger partial charge in [-0.1, -0.05) is 18.2 Å². The Morgan fingerprint density at radius 3 is 2.39 bits per heavy atom. The van der Waals surface area contributed by atoms with Crippen molar-refractivity contribution in [3.63, 3.8) is 0 Å². The maximum Gasteiger partial charge on any atom is 0.295 e. The molecule has 0 bridgehead atoms. The molecule has 0 fully saturated rings. The number of amides is 1. The van der Waals surface area contributed by atoms with E-state index in [0.29, 0.717) is 5.69 Å². The Bertz CT molecular complexity index is 638. The predicted octanol–water partition coefficient (Wildman–Crippen LogP) is 1.44. The average molecular weight is 245 g/mol. The number of carbonyl (C=O) groups is 1. The van der Waals surface area contributed by atoms with E-state index in [1.54, 1.807) is 18.7 Å². The highest BCUT2D eigenvalue weighted by molar-refractivity contribution is 5.89. The van der Waals surface area contributed by atoms with Crippen molar-refractivity contribution in [2.24, 2.45) is 7.05 Å². The number of carbonyl (C=O) groups excluding carboxylic acids is 1. The second-order valence-corrected chi connectivity index (χ2v) is 4.12. The van der Waals surface area contributed by atoms with Gasteiger partial charge in [0, 0.05) is 14.0 Å². The number of rotatable bonds is 2. The Morgan fingerprint density at radius 1 is 1.22 bits per heavy atom. The van der Waals surface area contributed by atoms with Gasteiger partial charge < -0.3 is 5.32 Å². The van der Waals surface area contributed by atoms with Gasteiger partial charge in [-0.3, -0.25) is 14.3 Å². The van der Waals surface area contributed by atoms with Crippen LogP contribution in [0.1, 0.15) is 12.6 Å². The van der Waals surface area contributed by atoms with Crippen LogP contribution in [-0.4, -0.2) is 15.3 Å². The minimum atomic E-state index is -0.249. The summed E-state index contributed by atoms with van der Waals surface area (Å²) in [6, 6.07) is 9.31. The molecular weight excluding hydrogens is 230 g/mol. The molecule has 5 heteroatoms. The third-order valence-corrected chi connectivity index (χ3v) is 2.86. The minimum Gasteiger partial charge on any atom is -0.320 e. The van der Waals surface area contributed by atoms with E-state index in [9.17, 15) is 9.59 Å². The van der Waals surface area contributed by atoms with E-state index in [-0.39, 0.29) is 11.5 Å². The number of benzene rings is 1. The molecule has 0 aliphatic heterocycles. The van der Waals surface area contributed by atoms with Gasteiger partial charge in [0.2, 0.25) is 5.91 Å². The Labute approximate surface area is 105 Å². The number of hydrogen-bond acceptors (Lipinski definition) is 2. The molecule has 1 amide bonds. The van der Waals surface area contributed by atoms with Crippen molar-refractivity contribution in [3.05, 3.63) is 46.4 Å². The lowest BCUT2D eigenvalue weighted by atomic mass is 10.3. The highest BCUT2D eigenvalue weighted by Crippen LogP contribution is 2.13. The molecule has 0 radical (unpaired) electrons. The van der Waals surface area contributed by atoms with Crippen LogP contribution >= 0.6 is 0 Å². The number of para-hydroxylation sites is 1. The maximum absolute atomic E-state index is 12.3. The van der Waals surface area contributed by atoms with Gasteiger partial charge in [-0.25, -0.2) is 4.68 Å². The van der Waals surface area contributed by atoms with E-state index < -0.39 is 0 Å². The molecule has 1 heterocycles. The number of nitrogens with zero attached hydrogens (tertiary/aromatic N) is 2. The number of hydrogen-bond donors (Lipinski definition) is 1. The smallest absolute Gasteiger partial charge is 0.295 e. The average Bonchev–Trinajstić information content (AvgIpc) is 2.54. The minimum absolute atomic E-state index is 0.226. The lowest BCUT2D eigenvalue weighted by molar-refractivity contribution is -0.114. The van der Waals surface area contributed by atoms with Crippen LogP contribution in [0.5, 0.6) is 0 Å². The molecule has 0 aliphatic rings. The molecule has 94 valence electrons. The van der Waals surface area contributed by atoms with E-state index in [0.717, 1.165) is 11.4 Å². The first-order chi connectivity index (χ1) is 8.52. The van der Waals surface area contributed by atoms with Gasteiger partial charge in [-0.15, -0.1) is 0 Å². The largest absolute Gasteiger partial charge is 0.320 e. The molecule has 2 aromatic rings.